The maximum Gasteiger partial charge on any atom is 0.312 e. The molecule has 1 fully saturated rings. The molecule has 1 aromatic carbocycles. The summed E-state index contributed by atoms with van der Waals surface area (Å²) in [6.45, 7) is 0.0864. The molecule has 1 atom stereocenters. The zero-order valence-corrected chi connectivity index (χ0v) is 9.60. The smallest absolute Gasteiger partial charge is 0.312 e. The first-order valence-electron chi connectivity index (χ1n) is 5.78. The Bertz CT molecular complexity index is 426. The van der Waals surface area contributed by atoms with Crippen molar-refractivity contribution >= 4 is 5.97 Å². The van der Waals surface area contributed by atoms with Crippen LogP contribution in [0.3, 0.4) is 0 Å². The lowest BCUT2D eigenvalue weighted by atomic mass is 9.95. The molecule has 1 aliphatic rings. The number of nitrogens with two attached hydrogens (primary N) is 1. The van der Waals surface area contributed by atoms with E-state index in [2.05, 4.69) is 0 Å². The van der Waals surface area contributed by atoms with Gasteiger partial charge in [0, 0.05) is 13.0 Å². The summed E-state index contributed by atoms with van der Waals surface area (Å²) in [6, 6.07) is 7.34. The standard InChI is InChI=1S/C13H17NO3/c14-8-11(12(15)16)10-3-1-2-9(6-10)7-13(17)4-5-13/h1-3,6,11,17H,4-5,7-8,14H2,(H,15,16). The second-order valence-electron chi connectivity index (χ2n) is 4.77. The van der Waals surface area contributed by atoms with Gasteiger partial charge < -0.3 is 15.9 Å². The van der Waals surface area contributed by atoms with E-state index in [4.69, 9.17) is 10.8 Å². The van der Waals surface area contributed by atoms with Crippen LogP contribution in [0.25, 0.3) is 0 Å². The summed E-state index contributed by atoms with van der Waals surface area (Å²) in [5, 5.41) is 18.9. The molecule has 0 aliphatic heterocycles. The maximum atomic E-state index is 11.0. The number of carbonyl (C=O) groups is 1. The van der Waals surface area contributed by atoms with Crippen molar-refractivity contribution in [1.82, 2.24) is 0 Å². The first-order valence-corrected chi connectivity index (χ1v) is 5.78. The van der Waals surface area contributed by atoms with E-state index in [0.717, 1.165) is 18.4 Å². The van der Waals surface area contributed by atoms with Gasteiger partial charge in [0.15, 0.2) is 0 Å². The highest BCUT2D eigenvalue weighted by Gasteiger charge is 2.40. The third kappa shape index (κ3) is 2.84. The van der Waals surface area contributed by atoms with Gasteiger partial charge in [-0.2, -0.15) is 0 Å². The Hall–Kier alpha value is -1.39. The Morgan fingerprint density at radius 2 is 2.18 bits per heavy atom. The van der Waals surface area contributed by atoms with Gasteiger partial charge in [0.05, 0.1) is 11.5 Å². The summed E-state index contributed by atoms with van der Waals surface area (Å²) in [6.07, 6.45) is 2.25. The Morgan fingerprint density at radius 1 is 1.47 bits per heavy atom. The van der Waals surface area contributed by atoms with Crippen LogP contribution in [0.5, 0.6) is 0 Å². The number of hydrogen-bond acceptors (Lipinski definition) is 3. The first kappa shape index (κ1) is 12.1. The van der Waals surface area contributed by atoms with Crippen LogP contribution >= 0.6 is 0 Å². The van der Waals surface area contributed by atoms with Crippen LogP contribution in [0.15, 0.2) is 24.3 Å². The van der Waals surface area contributed by atoms with Gasteiger partial charge in [-0.1, -0.05) is 24.3 Å². The molecular formula is C13H17NO3. The third-order valence-corrected chi connectivity index (χ3v) is 3.25. The van der Waals surface area contributed by atoms with E-state index in [1.807, 2.05) is 18.2 Å². The number of benzene rings is 1. The van der Waals surface area contributed by atoms with E-state index < -0.39 is 17.5 Å². The van der Waals surface area contributed by atoms with Crippen molar-refractivity contribution in [2.75, 3.05) is 6.54 Å². The largest absolute Gasteiger partial charge is 0.481 e. The Morgan fingerprint density at radius 3 is 2.71 bits per heavy atom. The lowest BCUT2D eigenvalue weighted by Crippen LogP contribution is -2.21. The molecule has 4 nitrogen and oxygen atoms in total. The minimum Gasteiger partial charge on any atom is -0.481 e. The normalized spacial score (nSPS) is 18.7. The number of hydrogen-bond donors (Lipinski definition) is 3. The van der Waals surface area contributed by atoms with Crippen molar-refractivity contribution in [2.45, 2.75) is 30.8 Å². The monoisotopic (exact) mass is 235 g/mol. The summed E-state index contributed by atoms with van der Waals surface area (Å²) < 4.78 is 0. The molecule has 0 bridgehead atoms. The zero-order valence-electron chi connectivity index (χ0n) is 9.60. The molecule has 1 aliphatic carbocycles. The van der Waals surface area contributed by atoms with Gasteiger partial charge in [-0.05, 0) is 24.0 Å². The van der Waals surface area contributed by atoms with Crippen LogP contribution in [-0.2, 0) is 11.2 Å². The fourth-order valence-corrected chi connectivity index (χ4v) is 2.00. The first-order chi connectivity index (χ1) is 8.04. The van der Waals surface area contributed by atoms with E-state index in [-0.39, 0.29) is 6.54 Å². The highest BCUT2D eigenvalue weighted by atomic mass is 16.4. The van der Waals surface area contributed by atoms with E-state index >= 15 is 0 Å². The number of carboxylic acids is 1. The average molecular weight is 235 g/mol. The van der Waals surface area contributed by atoms with E-state index in [1.165, 1.54) is 0 Å². The minimum atomic E-state index is -0.908. The van der Waals surface area contributed by atoms with Crippen molar-refractivity contribution in [3.63, 3.8) is 0 Å². The van der Waals surface area contributed by atoms with Gasteiger partial charge in [0.1, 0.15) is 0 Å². The predicted molar refractivity (Wildman–Crippen MR) is 63.8 cm³/mol. The lowest BCUT2D eigenvalue weighted by Gasteiger charge is -2.13. The Balaban J connectivity index is 2.18. The molecule has 1 aromatic rings. The fraction of sp³-hybridized carbons (Fsp3) is 0.462. The molecule has 0 heterocycles. The Kier molecular flexibility index (Phi) is 3.17. The number of carboxylic acid groups (broad SMARTS) is 1. The molecule has 0 saturated heterocycles. The van der Waals surface area contributed by atoms with Crippen LogP contribution in [0.1, 0.15) is 29.9 Å². The summed E-state index contributed by atoms with van der Waals surface area (Å²) in [7, 11) is 0. The third-order valence-electron chi connectivity index (χ3n) is 3.25. The Labute approximate surface area is 100 Å². The van der Waals surface area contributed by atoms with Crippen molar-refractivity contribution in [3.8, 4) is 0 Å². The van der Waals surface area contributed by atoms with Crippen LogP contribution in [-0.4, -0.2) is 28.3 Å². The van der Waals surface area contributed by atoms with Crippen LogP contribution in [0.2, 0.25) is 0 Å². The zero-order chi connectivity index (χ0) is 12.5. The topological polar surface area (TPSA) is 83.6 Å². The van der Waals surface area contributed by atoms with Gasteiger partial charge in [0.2, 0.25) is 0 Å². The van der Waals surface area contributed by atoms with E-state index in [1.54, 1.807) is 6.07 Å². The molecule has 0 amide bonds. The van der Waals surface area contributed by atoms with Gasteiger partial charge in [-0.25, -0.2) is 0 Å². The summed E-state index contributed by atoms with van der Waals surface area (Å²) in [5.74, 6) is -1.57. The highest BCUT2D eigenvalue weighted by Crippen LogP contribution is 2.38. The highest BCUT2D eigenvalue weighted by molar-refractivity contribution is 5.76. The van der Waals surface area contributed by atoms with Crippen molar-refractivity contribution in [1.29, 1.82) is 0 Å². The van der Waals surface area contributed by atoms with Gasteiger partial charge in [-0.3, -0.25) is 4.79 Å². The number of rotatable bonds is 5. The minimum absolute atomic E-state index is 0.0864. The van der Waals surface area contributed by atoms with E-state index in [0.29, 0.717) is 12.0 Å². The molecular weight excluding hydrogens is 218 g/mol. The summed E-state index contributed by atoms with van der Waals surface area (Å²) >= 11 is 0. The van der Waals surface area contributed by atoms with Crippen molar-refractivity contribution in [3.05, 3.63) is 35.4 Å². The molecule has 4 N–H and O–H groups in total. The van der Waals surface area contributed by atoms with Gasteiger partial charge >= 0.3 is 5.97 Å². The molecule has 17 heavy (non-hydrogen) atoms. The van der Waals surface area contributed by atoms with Crippen molar-refractivity contribution < 1.29 is 15.0 Å². The summed E-state index contributed by atoms with van der Waals surface area (Å²) in [5.41, 5.74) is 6.59. The molecule has 0 spiro atoms. The molecule has 4 heteroatoms. The van der Waals surface area contributed by atoms with Gasteiger partial charge in [0.25, 0.3) is 0 Å². The molecule has 1 unspecified atom stereocenters. The summed E-state index contributed by atoms with van der Waals surface area (Å²) in [4.78, 5) is 11.0. The van der Waals surface area contributed by atoms with Crippen LogP contribution in [0.4, 0.5) is 0 Å². The van der Waals surface area contributed by atoms with Crippen LogP contribution in [0, 0.1) is 0 Å². The predicted octanol–water partition coefficient (Wildman–Crippen LogP) is 0.881. The number of aliphatic hydroxyl groups is 1. The molecule has 0 radical (unpaired) electrons. The van der Waals surface area contributed by atoms with Gasteiger partial charge in [-0.15, -0.1) is 0 Å². The molecule has 2 rings (SSSR count). The van der Waals surface area contributed by atoms with E-state index in [9.17, 15) is 9.90 Å². The van der Waals surface area contributed by atoms with Crippen molar-refractivity contribution in [2.24, 2.45) is 5.73 Å². The molecule has 92 valence electrons. The second-order valence-corrected chi connectivity index (χ2v) is 4.77. The quantitative estimate of drug-likeness (QED) is 0.707. The SMILES string of the molecule is NCC(C(=O)O)c1cccc(CC2(O)CC2)c1. The van der Waals surface area contributed by atoms with Crippen LogP contribution < -0.4 is 5.73 Å². The maximum absolute atomic E-state index is 11.0. The molecule has 1 saturated carbocycles. The lowest BCUT2D eigenvalue weighted by molar-refractivity contribution is -0.138. The molecule has 0 aromatic heterocycles. The number of aliphatic carboxylic acids is 1. The second kappa shape index (κ2) is 4.47. The fourth-order valence-electron chi connectivity index (χ4n) is 2.00. The average Bonchev–Trinajstić information content (AvgIpc) is 2.97.